The van der Waals surface area contributed by atoms with Crippen molar-refractivity contribution in [2.24, 2.45) is 0 Å². The number of nitrogen functional groups attached to an aromatic ring is 1. The lowest BCUT2D eigenvalue weighted by atomic mass is 10.00. The average Bonchev–Trinajstić information content (AvgIpc) is 3.59. The van der Waals surface area contributed by atoms with E-state index in [4.69, 9.17) is 10.7 Å². The van der Waals surface area contributed by atoms with Gasteiger partial charge in [0.25, 0.3) is 5.91 Å². The Morgan fingerprint density at radius 2 is 1.74 bits per heavy atom. The van der Waals surface area contributed by atoms with Crippen LogP contribution in [0.3, 0.4) is 0 Å². The normalized spacial score (nSPS) is 17.3. The molecule has 2 N–H and O–H groups in total. The minimum absolute atomic E-state index is 0.113. The number of likely N-dealkylation sites (tertiary alicyclic amines) is 2. The van der Waals surface area contributed by atoms with Crippen molar-refractivity contribution in [1.29, 1.82) is 0 Å². The van der Waals surface area contributed by atoms with E-state index in [1.807, 2.05) is 53.4 Å². The van der Waals surface area contributed by atoms with Crippen LogP contribution >= 0.6 is 11.3 Å². The third-order valence-corrected chi connectivity index (χ3v) is 8.36. The molecule has 0 unspecified atom stereocenters. The summed E-state index contributed by atoms with van der Waals surface area (Å²) < 4.78 is 1.12. The van der Waals surface area contributed by atoms with Gasteiger partial charge in [-0.25, -0.2) is 9.97 Å². The van der Waals surface area contributed by atoms with Gasteiger partial charge in [-0.05, 0) is 74.7 Å². The van der Waals surface area contributed by atoms with Gasteiger partial charge in [0.15, 0.2) is 0 Å². The van der Waals surface area contributed by atoms with E-state index in [9.17, 15) is 4.79 Å². The van der Waals surface area contributed by atoms with Crippen LogP contribution in [0.4, 0.5) is 5.82 Å². The summed E-state index contributed by atoms with van der Waals surface area (Å²) in [6.07, 6.45) is 6.54. The summed E-state index contributed by atoms with van der Waals surface area (Å²) in [7, 11) is 0. The number of anilines is 1. The van der Waals surface area contributed by atoms with Crippen LogP contribution in [0.1, 0.15) is 36.0 Å². The average molecular weight is 484 g/mol. The minimum atomic E-state index is 0.113. The number of piperidine rings is 1. The van der Waals surface area contributed by atoms with E-state index in [-0.39, 0.29) is 5.91 Å². The zero-order valence-electron chi connectivity index (χ0n) is 19.7. The van der Waals surface area contributed by atoms with Crippen molar-refractivity contribution in [2.75, 3.05) is 31.9 Å². The summed E-state index contributed by atoms with van der Waals surface area (Å²) in [6, 6.07) is 18.6. The summed E-state index contributed by atoms with van der Waals surface area (Å²) >= 11 is 1.61. The molecular formula is C28H29N5OS. The lowest BCUT2D eigenvalue weighted by Crippen LogP contribution is -2.45. The van der Waals surface area contributed by atoms with Crippen LogP contribution in [0.2, 0.25) is 0 Å². The van der Waals surface area contributed by atoms with Crippen molar-refractivity contribution in [2.45, 2.75) is 31.7 Å². The molecule has 1 amide bonds. The minimum Gasteiger partial charge on any atom is -0.383 e. The number of rotatable bonds is 4. The first-order valence-corrected chi connectivity index (χ1v) is 13.2. The zero-order valence-corrected chi connectivity index (χ0v) is 20.5. The van der Waals surface area contributed by atoms with Gasteiger partial charge in [0.1, 0.15) is 10.8 Å². The molecule has 0 bridgehead atoms. The van der Waals surface area contributed by atoms with E-state index in [0.29, 0.717) is 11.9 Å². The van der Waals surface area contributed by atoms with Gasteiger partial charge < -0.3 is 15.5 Å². The SMILES string of the molecule is Nc1ncc(-c2cccc(C(=O)N3CCC(N4CCCC4)CC3)c2)cc1-c1nc2ccccc2s1. The smallest absolute Gasteiger partial charge is 0.253 e. The molecule has 2 aliphatic rings. The molecule has 35 heavy (non-hydrogen) atoms. The van der Waals surface area contributed by atoms with E-state index in [2.05, 4.69) is 16.0 Å². The van der Waals surface area contributed by atoms with Crippen LogP contribution < -0.4 is 5.73 Å². The maximum Gasteiger partial charge on any atom is 0.253 e. The van der Waals surface area contributed by atoms with E-state index in [1.165, 1.54) is 25.9 Å². The molecule has 4 aromatic rings. The first kappa shape index (κ1) is 22.2. The molecule has 0 atom stereocenters. The Bertz CT molecular complexity index is 1340. The van der Waals surface area contributed by atoms with Crippen molar-refractivity contribution in [3.05, 3.63) is 66.4 Å². The number of carbonyl (C=O) groups is 1. The van der Waals surface area contributed by atoms with Gasteiger partial charge in [-0.3, -0.25) is 4.79 Å². The molecule has 2 fully saturated rings. The van der Waals surface area contributed by atoms with Crippen LogP contribution in [0.25, 0.3) is 31.9 Å². The van der Waals surface area contributed by atoms with Gasteiger partial charge in [0, 0.05) is 36.5 Å². The van der Waals surface area contributed by atoms with Gasteiger partial charge in [-0.1, -0.05) is 24.3 Å². The fraction of sp³-hybridized carbons (Fsp3) is 0.321. The molecule has 178 valence electrons. The number of nitrogens with two attached hydrogens (primary N) is 1. The molecule has 2 aliphatic heterocycles. The number of benzene rings is 2. The Labute approximate surface area is 209 Å². The van der Waals surface area contributed by atoms with Crippen LogP contribution in [0.5, 0.6) is 0 Å². The number of carbonyl (C=O) groups excluding carboxylic acids is 1. The van der Waals surface area contributed by atoms with Crippen LogP contribution in [-0.2, 0) is 0 Å². The van der Waals surface area contributed by atoms with E-state index in [0.717, 1.165) is 63.4 Å². The highest BCUT2D eigenvalue weighted by atomic mass is 32.1. The molecule has 0 saturated carbocycles. The number of nitrogens with zero attached hydrogens (tertiary/aromatic N) is 4. The van der Waals surface area contributed by atoms with Gasteiger partial charge in [-0.2, -0.15) is 0 Å². The summed E-state index contributed by atoms with van der Waals surface area (Å²) in [5.41, 5.74) is 10.6. The zero-order chi connectivity index (χ0) is 23.8. The van der Waals surface area contributed by atoms with Gasteiger partial charge in [0.05, 0.1) is 15.8 Å². The Morgan fingerprint density at radius 3 is 2.54 bits per heavy atom. The Kier molecular flexibility index (Phi) is 5.96. The molecule has 0 spiro atoms. The summed E-state index contributed by atoms with van der Waals surface area (Å²) in [4.78, 5) is 27.2. The van der Waals surface area contributed by atoms with Crippen molar-refractivity contribution in [3.8, 4) is 21.7 Å². The lowest BCUT2D eigenvalue weighted by Gasteiger charge is -2.36. The topological polar surface area (TPSA) is 75.3 Å². The number of hydrogen-bond donors (Lipinski definition) is 1. The predicted octanol–water partition coefficient (Wildman–Crippen LogP) is 5.31. The number of para-hydroxylation sites is 1. The first-order valence-electron chi connectivity index (χ1n) is 12.4. The molecule has 2 aromatic heterocycles. The molecule has 6 nitrogen and oxygen atoms in total. The number of thiazole rings is 1. The second-order valence-corrected chi connectivity index (χ2v) is 10.5. The quantitative estimate of drug-likeness (QED) is 0.426. The third-order valence-electron chi connectivity index (χ3n) is 7.29. The maximum absolute atomic E-state index is 13.3. The predicted molar refractivity (Wildman–Crippen MR) is 142 cm³/mol. The molecule has 7 heteroatoms. The number of hydrogen-bond acceptors (Lipinski definition) is 6. The van der Waals surface area contributed by atoms with Gasteiger partial charge >= 0.3 is 0 Å². The summed E-state index contributed by atoms with van der Waals surface area (Å²) in [5, 5.41) is 0.853. The van der Waals surface area contributed by atoms with Crippen molar-refractivity contribution in [3.63, 3.8) is 0 Å². The number of aromatic nitrogens is 2. The molecule has 6 rings (SSSR count). The number of pyridine rings is 1. The van der Waals surface area contributed by atoms with Crippen molar-refractivity contribution >= 4 is 33.3 Å². The Balaban J connectivity index is 1.23. The number of fused-ring (bicyclic) bond motifs is 1. The Morgan fingerprint density at radius 1 is 0.943 bits per heavy atom. The third kappa shape index (κ3) is 4.42. The van der Waals surface area contributed by atoms with E-state index in [1.54, 1.807) is 17.5 Å². The first-order chi connectivity index (χ1) is 17.2. The van der Waals surface area contributed by atoms with E-state index >= 15 is 0 Å². The molecule has 2 aromatic carbocycles. The lowest BCUT2D eigenvalue weighted by molar-refractivity contribution is 0.0644. The van der Waals surface area contributed by atoms with Crippen molar-refractivity contribution in [1.82, 2.24) is 19.8 Å². The highest BCUT2D eigenvalue weighted by molar-refractivity contribution is 7.21. The van der Waals surface area contributed by atoms with Gasteiger partial charge in [0.2, 0.25) is 0 Å². The van der Waals surface area contributed by atoms with E-state index < -0.39 is 0 Å². The molecule has 0 aliphatic carbocycles. The van der Waals surface area contributed by atoms with Gasteiger partial charge in [-0.15, -0.1) is 11.3 Å². The second-order valence-electron chi connectivity index (χ2n) is 9.49. The fourth-order valence-electron chi connectivity index (χ4n) is 5.35. The number of amides is 1. The highest BCUT2D eigenvalue weighted by Crippen LogP contribution is 2.35. The second kappa shape index (κ2) is 9.40. The van der Waals surface area contributed by atoms with Crippen LogP contribution in [0, 0.1) is 0 Å². The largest absolute Gasteiger partial charge is 0.383 e. The molecule has 4 heterocycles. The molecular weight excluding hydrogens is 454 g/mol. The standard InChI is InChI=1S/C28H29N5OS/c29-26-23(27-31-24-8-1-2-9-25(24)35-27)17-21(18-30-26)19-6-5-7-20(16-19)28(34)33-14-10-22(11-15-33)32-12-3-4-13-32/h1-2,5-9,16-18,22H,3-4,10-15H2,(H2,29,30). The molecule has 2 saturated heterocycles. The Hall–Kier alpha value is -3.29. The highest BCUT2D eigenvalue weighted by Gasteiger charge is 2.28. The van der Waals surface area contributed by atoms with Crippen LogP contribution in [0.15, 0.2) is 60.8 Å². The summed E-state index contributed by atoms with van der Waals surface area (Å²) in [6.45, 7) is 4.09. The van der Waals surface area contributed by atoms with Crippen molar-refractivity contribution < 1.29 is 4.79 Å². The van der Waals surface area contributed by atoms with Crippen LogP contribution in [-0.4, -0.2) is 57.9 Å². The summed E-state index contributed by atoms with van der Waals surface area (Å²) in [5.74, 6) is 0.572. The maximum atomic E-state index is 13.3. The monoisotopic (exact) mass is 483 g/mol. The fourth-order valence-corrected chi connectivity index (χ4v) is 6.34. The molecule has 0 radical (unpaired) electrons.